The monoisotopic (exact) mass is 318 g/mol. The highest BCUT2D eigenvalue weighted by Crippen LogP contribution is 2.31. The molecule has 2 rings (SSSR count). The summed E-state index contributed by atoms with van der Waals surface area (Å²) in [6, 6.07) is 5.09. The molecular formula is C13H13Cl3N2O. The summed E-state index contributed by atoms with van der Waals surface area (Å²) in [5.41, 5.74) is 2.03. The van der Waals surface area contributed by atoms with Gasteiger partial charge in [-0.05, 0) is 24.1 Å². The molecule has 102 valence electrons. The molecule has 0 aliphatic heterocycles. The third kappa shape index (κ3) is 2.75. The van der Waals surface area contributed by atoms with Crippen LogP contribution in [0.2, 0.25) is 15.2 Å². The summed E-state index contributed by atoms with van der Waals surface area (Å²) >= 11 is 18.3. The standard InChI is InChI=1S/C13H13Cl3N2O/c1-7(2)12-9(6-19)13(16)18(17-12)11-4-3-8(14)5-10(11)15/h3-5,7,19H,6H2,1-2H3. The summed E-state index contributed by atoms with van der Waals surface area (Å²) in [6.07, 6.45) is 0. The number of nitrogens with zero attached hydrogens (tertiary/aromatic N) is 2. The van der Waals surface area contributed by atoms with Crippen LogP contribution < -0.4 is 0 Å². The van der Waals surface area contributed by atoms with E-state index < -0.39 is 0 Å². The highest BCUT2D eigenvalue weighted by Gasteiger charge is 2.20. The molecule has 1 aromatic heterocycles. The molecule has 19 heavy (non-hydrogen) atoms. The Bertz CT molecular complexity index is 608. The second-order valence-electron chi connectivity index (χ2n) is 4.47. The van der Waals surface area contributed by atoms with Crippen molar-refractivity contribution in [1.29, 1.82) is 0 Å². The Balaban J connectivity index is 2.63. The number of aliphatic hydroxyl groups is 1. The van der Waals surface area contributed by atoms with Crippen molar-refractivity contribution in [3.05, 3.63) is 44.7 Å². The van der Waals surface area contributed by atoms with Crippen molar-refractivity contribution in [3.63, 3.8) is 0 Å². The van der Waals surface area contributed by atoms with Gasteiger partial charge < -0.3 is 5.11 Å². The fourth-order valence-corrected chi connectivity index (χ4v) is 2.64. The Labute approximate surface area is 126 Å². The molecular weight excluding hydrogens is 307 g/mol. The Hall–Kier alpha value is -0.740. The number of rotatable bonds is 3. The molecule has 0 atom stereocenters. The van der Waals surface area contributed by atoms with E-state index >= 15 is 0 Å². The first-order valence-electron chi connectivity index (χ1n) is 5.79. The molecule has 1 heterocycles. The van der Waals surface area contributed by atoms with Crippen LogP contribution in [0, 0.1) is 0 Å². The van der Waals surface area contributed by atoms with Gasteiger partial charge in [0.15, 0.2) is 0 Å². The molecule has 1 N–H and O–H groups in total. The van der Waals surface area contributed by atoms with Gasteiger partial charge in [0.2, 0.25) is 0 Å². The number of benzene rings is 1. The van der Waals surface area contributed by atoms with Crippen LogP contribution in [-0.2, 0) is 6.61 Å². The molecule has 3 nitrogen and oxygen atoms in total. The SMILES string of the molecule is CC(C)c1nn(-c2ccc(Cl)cc2Cl)c(Cl)c1CO. The molecule has 0 aliphatic carbocycles. The molecule has 6 heteroatoms. The van der Waals surface area contributed by atoms with Crippen molar-refractivity contribution in [1.82, 2.24) is 9.78 Å². The van der Waals surface area contributed by atoms with Crippen molar-refractivity contribution in [2.75, 3.05) is 0 Å². The minimum atomic E-state index is -0.155. The van der Waals surface area contributed by atoms with E-state index in [9.17, 15) is 5.11 Å². The topological polar surface area (TPSA) is 38.0 Å². The van der Waals surface area contributed by atoms with Gasteiger partial charge in [-0.3, -0.25) is 0 Å². The van der Waals surface area contributed by atoms with Gasteiger partial charge in [0, 0.05) is 10.6 Å². The number of hydrogen-bond acceptors (Lipinski definition) is 2. The molecule has 0 unspecified atom stereocenters. The molecule has 0 amide bonds. The van der Waals surface area contributed by atoms with E-state index in [1.54, 1.807) is 18.2 Å². The average Bonchev–Trinajstić information content (AvgIpc) is 2.66. The molecule has 0 radical (unpaired) electrons. The number of aliphatic hydroxyl groups excluding tert-OH is 1. The van der Waals surface area contributed by atoms with Crippen LogP contribution in [0.25, 0.3) is 5.69 Å². The van der Waals surface area contributed by atoms with Crippen molar-refractivity contribution in [3.8, 4) is 5.69 Å². The Morgan fingerprint density at radius 2 is 1.95 bits per heavy atom. The lowest BCUT2D eigenvalue weighted by molar-refractivity contribution is 0.280. The van der Waals surface area contributed by atoms with Crippen LogP contribution in [-0.4, -0.2) is 14.9 Å². The lowest BCUT2D eigenvalue weighted by Gasteiger charge is -2.06. The highest BCUT2D eigenvalue weighted by atomic mass is 35.5. The van der Waals surface area contributed by atoms with E-state index in [1.807, 2.05) is 13.8 Å². The predicted molar refractivity (Wildman–Crippen MR) is 78.6 cm³/mol. The fourth-order valence-electron chi connectivity index (χ4n) is 1.87. The van der Waals surface area contributed by atoms with Crippen LogP contribution in [0.1, 0.15) is 31.0 Å². The van der Waals surface area contributed by atoms with E-state index in [4.69, 9.17) is 34.8 Å². The van der Waals surface area contributed by atoms with Gasteiger partial charge in [-0.1, -0.05) is 48.7 Å². The summed E-state index contributed by atoms with van der Waals surface area (Å²) < 4.78 is 1.53. The van der Waals surface area contributed by atoms with E-state index in [2.05, 4.69) is 5.10 Å². The van der Waals surface area contributed by atoms with Gasteiger partial charge in [-0.25, -0.2) is 4.68 Å². The van der Waals surface area contributed by atoms with Crippen molar-refractivity contribution >= 4 is 34.8 Å². The maximum absolute atomic E-state index is 9.43. The molecule has 0 aliphatic rings. The second-order valence-corrected chi connectivity index (χ2v) is 5.68. The molecule has 1 aromatic carbocycles. The van der Waals surface area contributed by atoms with Gasteiger partial charge in [0.1, 0.15) is 5.15 Å². The van der Waals surface area contributed by atoms with Gasteiger partial charge in [-0.15, -0.1) is 0 Å². The third-order valence-corrected chi connectivity index (χ3v) is 3.72. The lowest BCUT2D eigenvalue weighted by Crippen LogP contribution is -1.99. The van der Waals surface area contributed by atoms with Crippen molar-refractivity contribution in [2.24, 2.45) is 0 Å². The molecule has 0 saturated heterocycles. The largest absolute Gasteiger partial charge is 0.391 e. The maximum Gasteiger partial charge on any atom is 0.138 e. The summed E-state index contributed by atoms with van der Waals surface area (Å²) in [6.45, 7) is 3.83. The van der Waals surface area contributed by atoms with Crippen molar-refractivity contribution < 1.29 is 5.11 Å². The minimum absolute atomic E-state index is 0.155. The first-order chi connectivity index (χ1) is 8.95. The quantitative estimate of drug-likeness (QED) is 0.907. The minimum Gasteiger partial charge on any atom is -0.391 e. The third-order valence-electron chi connectivity index (χ3n) is 2.79. The van der Waals surface area contributed by atoms with E-state index in [-0.39, 0.29) is 12.5 Å². The van der Waals surface area contributed by atoms with Gasteiger partial charge >= 0.3 is 0 Å². The number of halogens is 3. The summed E-state index contributed by atoms with van der Waals surface area (Å²) in [5, 5.41) is 15.2. The summed E-state index contributed by atoms with van der Waals surface area (Å²) in [4.78, 5) is 0. The Morgan fingerprint density at radius 1 is 1.26 bits per heavy atom. The van der Waals surface area contributed by atoms with E-state index in [0.717, 1.165) is 5.69 Å². The number of hydrogen-bond donors (Lipinski definition) is 1. The number of aromatic nitrogens is 2. The first kappa shape index (κ1) is 14.7. The fraction of sp³-hybridized carbons (Fsp3) is 0.308. The predicted octanol–water partition coefficient (Wildman–Crippen LogP) is 4.45. The molecule has 0 spiro atoms. The van der Waals surface area contributed by atoms with E-state index in [1.165, 1.54) is 4.68 Å². The van der Waals surface area contributed by atoms with Crippen LogP contribution in [0.3, 0.4) is 0 Å². The van der Waals surface area contributed by atoms with E-state index in [0.29, 0.717) is 26.4 Å². The molecule has 2 aromatic rings. The summed E-state index contributed by atoms with van der Waals surface area (Å²) in [7, 11) is 0. The van der Waals surface area contributed by atoms with Crippen LogP contribution in [0.4, 0.5) is 0 Å². The van der Waals surface area contributed by atoms with Crippen molar-refractivity contribution in [2.45, 2.75) is 26.4 Å². The van der Waals surface area contributed by atoms with Crippen LogP contribution >= 0.6 is 34.8 Å². The van der Waals surface area contributed by atoms with Gasteiger partial charge in [0.25, 0.3) is 0 Å². The zero-order chi connectivity index (χ0) is 14.2. The molecule has 0 bridgehead atoms. The highest BCUT2D eigenvalue weighted by molar-refractivity contribution is 6.36. The normalized spacial score (nSPS) is 11.3. The maximum atomic E-state index is 9.43. The summed E-state index contributed by atoms with van der Waals surface area (Å²) in [5.74, 6) is 0.159. The van der Waals surface area contributed by atoms with Gasteiger partial charge in [-0.2, -0.15) is 5.10 Å². The Morgan fingerprint density at radius 3 is 2.42 bits per heavy atom. The first-order valence-corrected chi connectivity index (χ1v) is 6.92. The zero-order valence-electron chi connectivity index (χ0n) is 10.5. The second kappa shape index (κ2) is 5.71. The van der Waals surface area contributed by atoms with Crippen LogP contribution in [0.5, 0.6) is 0 Å². The molecule has 0 fully saturated rings. The van der Waals surface area contributed by atoms with Crippen LogP contribution in [0.15, 0.2) is 18.2 Å². The smallest absolute Gasteiger partial charge is 0.138 e. The molecule has 0 saturated carbocycles. The average molecular weight is 320 g/mol. The Kier molecular flexibility index (Phi) is 4.41. The zero-order valence-corrected chi connectivity index (χ0v) is 12.8. The lowest BCUT2D eigenvalue weighted by atomic mass is 10.1. The van der Waals surface area contributed by atoms with Gasteiger partial charge in [0.05, 0.1) is 23.0 Å².